The van der Waals surface area contributed by atoms with Crippen LogP contribution in [-0.4, -0.2) is 35.7 Å². The van der Waals surface area contributed by atoms with Gasteiger partial charge in [-0.1, -0.05) is 12.1 Å². The summed E-state index contributed by atoms with van der Waals surface area (Å²) in [5.41, 5.74) is 1.39. The average Bonchev–Trinajstić information content (AvgIpc) is 3.13. The van der Waals surface area contributed by atoms with Gasteiger partial charge in [-0.05, 0) is 55.3 Å². The van der Waals surface area contributed by atoms with Crippen LogP contribution in [0.3, 0.4) is 0 Å². The Morgan fingerprint density at radius 1 is 0.960 bits per heavy atom. The molecule has 2 aromatic rings. The van der Waals surface area contributed by atoms with E-state index in [1.54, 1.807) is 18.2 Å². The average molecular weight is 349 g/mol. The summed E-state index contributed by atoms with van der Waals surface area (Å²) in [7, 11) is 0. The molecule has 1 fully saturated rings. The molecular weight excluding hydrogens is 331 g/mol. The Kier molecular flexibility index (Phi) is 4.17. The molecule has 0 spiro atoms. The van der Waals surface area contributed by atoms with Crippen LogP contribution in [0.15, 0.2) is 30.3 Å². The van der Waals surface area contributed by atoms with E-state index >= 15 is 0 Å². The lowest BCUT2D eigenvalue weighted by Crippen LogP contribution is -2.44. The largest absolute Gasteiger partial charge is 0.491 e. The van der Waals surface area contributed by atoms with Crippen molar-refractivity contribution in [2.24, 2.45) is 0 Å². The summed E-state index contributed by atoms with van der Waals surface area (Å²) in [5, 5.41) is 10.7. The summed E-state index contributed by atoms with van der Waals surface area (Å²) < 4.78 is 45.8. The molecule has 25 heavy (non-hydrogen) atoms. The van der Waals surface area contributed by atoms with Gasteiger partial charge in [-0.2, -0.15) is 0 Å². The molecule has 0 radical (unpaired) electrons. The fourth-order valence-corrected chi connectivity index (χ4v) is 3.66. The molecule has 2 aliphatic heterocycles. The van der Waals surface area contributed by atoms with Crippen molar-refractivity contribution in [1.29, 1.82) is 0 Å². The predicted octanol–water partition coefficient (Wildman–Crippen LogP) is 3.66. The number of likely N-dealkylation sites (tertiary alicyclic amines) is 1. The first-order valence-corrected chi connectivity index (χ1v) is 8.38. The van der Waals surface area contributed by atoms with Gasteiger partial charge in [0.2, 0.25) is 0 Å². The van der Waals surface area contributed by atoms with Crippen molar-refractivity contribution in [2.45, 2.75) is 25.0 Å². The lowest BCUT2D eigenvalue weighted by molar-refractivity contribution is 0.0140. The number of nitrogens with zero attached hydrogens (tertiary/aromatic N) is 1. The maximum atomic E-state index is 13.5. The number of hydrogen-bond acceptors (Lipinski definition) is 3. The second kappa shape index (κ2) is 6.35. The molecule has 1 N–H and O–H groups in total. The van der Waals surface area contributed by atoms with Crippen molar-refractivity contribution in [3.05, 3.63) is 53.3 Å². The summed E-state index contributed by atoms with van der Waals surface area (Å²) in [6.07, 6.45) is 1.57. The van der Waals surface area contributed by atoms with Crippen LogP contribution in [0.5, 0.6) is 5.75 Å². The molecule has 0 aromatic heterocycles. The smallest absolute Gasteiger partial charge is 0.194 e. The van der Waals surface area contributed by atoms with Crippen molar-refractivity contribution in [1.82, 2.24) is 4.90 Å². The van der Waals surface area contributed by atoms with Crippen LogP contribution in [0.2, 0.25) is 0 Å². The molecule has 0 unspecified atom stereocenters. The highest BCUT2D eigenvalue weighted by Crippen LogP contribution is 2.38. The zero-order chi connectivity index (χ0) is 17.6. The molecule has 2 aromatic carbocycles. The number of ether oxygens (including phenoxy) is 1. The van der Waals surface area contributed by atoms with E-state index in [9.17, 15) is 18.3 Å². The Balaban J connectivity index is 1.65. The number of fused-ring (bicyclic) bond motifs is 1. The van der Waals surface area contributed by atoms with Crippen LogP contribution >= 0.6 is 0 Å². The third-order valence-electron chi connectivity index (χ3n) is 5.03. The molecule has 0 saturated carbocycles. The molecule has 6 heteroatoms. The quantitative estimate of drug-likeness (QED) is 0.840. The van der Waals surface area contributed by atoms with Crippen molar-refractivity contribution in [3.8, 4) is 16.9 Å². The second-order valence-electron chi connectivity index (χ2n) is 6.57. The van der Waals surface area contributed by atoms with Gasteiger partial charge in [0.1, 0.15) is 18.5 Å². The van der Waals surface area contributed by atoms with Gasteiger partial charge in [0, 0.05) is 5.56 Å². The van der Waals surface area contributed by atoms with Crippen molar-refractivity contribution >= 4 is 0 Å². The van der Waals surface area contributed by atoms with E-state index in [-0.39, 0.29) is 11.6 Å². The van der Waals surface area contributed by atoms with E-state index in [4.69, 9.17) is 4.74 Å². The Morgan fingerprint density at radius 3 is 2.32 bits per heavy atom. The Hall–Kier alpha value is -2.05. The number of aliphatic hydroxyl groups is 1. The Labute approximate surface area is 143 Å². The minimum atomic E-state index is -1.48. The van der Waals surface area contributed by atoms with Gasteiger partial charge in [-0.15, -0.1) is 0 Å². The number of hydrogen-bond donors (Lipinski definition) is 1. The van der Waals surface area contributed by atoms with Crippen molar-refractivity contribution in [3.63, 3.8) is 0 Å². The molecule has 132 valence electrons. The van der Waals surface area contributed by atoms with E-state index in [0.717, 1.165) is 38.1 Å². The summed E-state index contributed by atoms with van der Waals surface area (Å²) in [6.45, 7) is 2.27. The molecule has 2 atom stereocenters. The zero-order valence-corrected chi connectivity index (χ0v) is 13.5. The molecular formula is C19H18F3NO2. The van der Waals surface area contributed by atoms with Crippen LogP contribution in [0.25, 0.3) is 11.1 Å². The topological polar surface area (TPSA) is 32.7 Å². The van der Waals surface area contributed by atoms with E-state index in [1.807, 2.05) is 0 Å². The summed E-state index contributed by atoms with van der Waals surface area (Å²) in [5.74, 6) is -3.46. The van der Waals surface area contributed by atoms with Crippen LogP contribution < -0.4 is 4.74 Å². The highest BCUT2D eigenvalue weighted by Gasteiger charge is 2.35. The fraction of sp³-hybridized carbons (Fsp3) is 0.368. The van der Waals surface area contributed by atoms with E-state index < -0.39 is 23.6 Å². The van der Waals surface area contributed by atoms with Gasteiger partial charge in [-0.3, -0.25) is 4.90 Å². The molecule has 0 aliphatic carbocycles. The monoisotopic (exact) mass is 349 g/mol. The van der Waals surface area contributed by atoms with E-state index in [1.165, 1.54) is 0 Å². The van der Waals surface area contributed by atoms with Crippen LogP contribution in [-0.2, 0) is 0 Å². The van der Waals surface area contributed by atoms with Gasteiger partial charge in [0.15, 0.2) is 17.5 Å². The molecule has 3 nitrogen and oxygen atoms in total. The Morgan fingerprint density at radius 2 is 1.64 bits per heavy atom. The number of rotatable bonds is 2. The number of halogens is 3. The van der Waals surface area contributed by atoms with Crippen molar-refractivity contribution < 1.29 is 23.0 Å². The normalized spacial score (nSPS) is 23.4. The van der Waals surface area contributed by atoms with Gasteiger partial charge in [0.05, 0.1) is 6.04 Å². The summed E-state index contributed by atoms with van der Waals surface area (Å²) in [4.78, 5) is 2.23. The van der Waals surface area contributed by atoms with E-state index in [0.29, 0.717) is 23.5 Å². The van der Waals surface area contributed by atoms with Crippen LogP contribution in [0.4, 0.5) is 13.2 Å². The van der Waals surface area contributed by atoms with Gasteiger partial charge >= 0.3 is 0 Å². The predicted molar refractivity (Wildman–Crippen MR) is 86.8 cm³/mol. The lowest BCUT2D eigenvalue weighted by Gasteiger charge is -2.36. The van der Waals surface area contributed by atoms with E-state index in [2.05, 4.69) is 4.90 Å². The fourth-order valence-electron chi connectivity index (χ4n) is 3.66. The number of benzene rings is 2. The highest BCUT2D eigenvalue weighted by atomic mass is 19.2. The summed E-state index contributed by atoms with van der Waals surface area (Å²) in [6, 6.07) is 6.81. The highest BCUT2D eigenvalue weighted by molar-refractivity contribution is 5.66. The molecule has 4 rings (SSSR count). The lowest BCUT2D eigenvalue weighted by atomic mass is 9.95. The first-order chi connectivity index (χ1) is 12.0. The molecule has 0 bridgehead atoms. The minimum absolute atomic E-state index is 0.0819. The first kappa shape index (κ1) is 16.4. The van der Waals surface area contributed by atoms with Gasteiger partial charge in [-0.25, -0.2) is 13.2 Å². The standard InChI is InChI=1S/C19H18F3NO2/c20-14-7-12(8-15(21)18(14)22)11-3-4-13-17(9-11)25-10-16(19(13)24)23-5-1-2-6-23/h3-4,7-9,16,19,24H,1-2,5-6,10H2/t16-,19-/m1/s1. The maximum absolute atomic E-state index is 13.5. The first-order valence-electron chi connectivity index (χ1n) is 8.38. The SMILES string of the molecule is O[C@@H]1c2ccc(-c3cc(F)c(F)c(F)c3)cc2OC[C@H]1N1CCCC1. The number of aliphatic hydroxyl groups excluding tert-OH is 1. The van der Waals surface area contributed by atoms with Crippen LogP contribution in [0.1, 0.15) is 24.5 Å². The Bertz CT molecular complexity index is 782. The summed E-state index contributed by atoms with van der Waals surface area (Å²) >= 11 is 0. The maximum Gasteiger partial charge on any atom is 0.194 e. The third kappa shape index (κ3) is 2.89. The minimum Gasteiger partial charge on any atom is -0.491 e. The molecule has 1 saturated heterocycles. The third-order valence-corrected chi connectivity index (χ3v) is 5.03. The van der Waals surface area contributed by atoms with Crippen LogP contribution in [0, 0.1) is 17.5 Å². The molecule has 0 amide bonds. The molecule has 2 aliphatic rings. The van der Waals surface area contributed by atoms with Crippen molar-refractivity contribution in [2.75, 3.05) is 19.7 Å². The van der Waals surface area contributed by atoms with Gasteiger partial charge in [0.25, 0.3) is 0 Å². The molecule has 2 heterocycles. The second-order valence-corrected chi connectivity index (χ2v) is 6.57. The zero-order valence-electron chi connectivity index (χ0n) is 13.5. The van der Waals surface area contributed by atoms with Gasteiger partial charge < -0.3 is 9.84 Å².